The molecule has 1 aliphatic rings. The van der Waals surface area contributed by atoms with Crippen LogP contribution in [-0.4, -0.2) is 25.6 Å². The molecular weight excluding hydrogens is 204 g/mol. The fraction of sp³-hybridized carbons (Fsp3) is 0.462. The number of carbonyl (C=O) groups is 1. The Labute approximate surface area is 95.4 Å². The number of hydrogen-bond donors (Lipinski definition) is 0. The second kappa shape index (κ2) is 5.66. The molecule has 0 saturated carbocycles. The smallest absolute Gasteiger partial charge is 0.153 e. The Balaban J connectivity index is 1.90. The predicted octanol–water partition coefficient (Wildman–Crippen LogP) is 2.45. The maximum atomic E-state index is 10.8. The molecule has 16 heavy (non-hydrogen) atoms. The maximum Gasteiger partial charge on any atom is 0.153 e. The molecule has 1 fully saturated rings. The van der Waals surface area contributed by atoms with Crippen molar-refractivity contribution in [3.63, 3.8) is 0 Å². The Morgan fingerprint density at radius 3 is 3.00 bits per heavy atom. The van der Waals surface area contributed by atoms with Gasteiger partial charge in [-0.3, -0.25) is 4.79 Å². The lowest BCUT2D eigenvalue weighted by Gasteiger charge is -2.22. The summed E-state index contributed by atoms with van der Waals surface area (Å²) in [7, 11) is 0. The van der Waals surface area contributed by atoms with E-state index in [-0.39, 0.29) is 6.10 Å². The molecule has 2 rings (SSSR count). The monoisotopic (exact) mass is 220 g/mol. The van der Waals surface area contributed by atoms with Crippen LogP contribution in [0, 0.1) is 0 Å². The summed E-state index contributed by atoms with van der Waals surface area (Å²) < 4.78 is 11.2. The third-order valence-corrected chi connectivity index (χ3v) is 2.74. The number of aldehydes is 1. The molecule has 1 atom stereocenters. The van der Waals surface area contributed by atoms with Gasteiger partial charge in [0.2, 0.25) is 0 Å². The van der Waals surface area contributed by atoms with Gasteiger partial charge >= 0.3 is 0 Å². The summed E-state index contributed by atoms with van der Waals surface area (Å²) >= 11 is 0. The Morgan fingerprint density at radius 2 is 2.25 bits per heavy atom. The quantitative estimate of drug-likeness (QED) is 0.731. The fourth-order valence-electron chi connectivity index (χ4n) is 1.83. The summed E-state index contributed by atoms with van der Waals surface area (Å²) in [6.07, 6.45) is 4.37. The first-order chi connectivity index (χ1) is 7.90. The molecule has 0 aliphatic carbocycles. The molecule has 1 aromatic carbocycles. The van der Waals surface area contributed by atoms with Crippen LogP contribution < -0.4 is 4.74 Å². The Hall–Kier alpha value is -1.35. The van der Waals surface area contributed by atoms with Gasteiger partial charge in [-0.2, -0.15) is 0 Å². The molecule has 0 bridgehead atoms. The van der Waals surface area contributed by atoms with E-state index in [1.807, 2.05) is 18.2 Å². The molecule has 1 saturated heterocycles. The first kappa shape index (κ1) is 11.1. The van der Waals surface area contributed by atoms with Gasteiger partial charge in [0.25, 0.3) is 0 Å². The van der Waals surface area contributed by atoms with Crippen molar-refractivity contribution in [2.45, 2.75) is 25.4 Å². The summed E-state index contributed by atoms with van der Waals surface area (Å²) in [6.45, 7) is 1.36. The molecule has 1 aromatic rings. The van der Waals surface area contributed by atoms with Crippen LogP contribution >= 0.6 is 0 Å². The SMILES string of the molecule is O=Cc1ccccc1OC[C@@H]1CCCCO1. The highest BCUT2D eigenvalue weighted by molar-refractivity contribution is 5.79. The standard InChI is InChI=1S/C13H16O3/c14-9-11-5-1-2-7-13(11)16-10-12-6-3-4-8-15-12/h1-2,5,7,9,12H,3-4,6,8,10H2/t12-/m0/s1. The molecule has 0 radical (unpaired) electrons. The van der Waals surface area contributed by atoms with Crippen LogP contribution in [0.15, 0.2) is 24.3 Å². The highest BCUT2D eigenvalue weighted by Gasteiger charge is 2.14. The highest BCUT2D eigenvalue weighted by Crippen LogP contribution is 2.18. The molecule has 0 spiro atoms. The van der Waals surface area contributed by atoms with E-state index in [1.54, 1.807) is 6.07 Å². The van der Waals surface area contributed by atoms with E-state index in [0.717, 1.165) is 25.7 Å². The lowest BCUT2D eigenvalue weighted by molar-refractivity contribution is -0.0111. The van der Waals surface area contributed by atoms with Crippen LogP contribution in [0.25, 0.3) is 0 Å². The topological polar surface area (TPSA) is 35.5 Å². The molecule has 0 amide bonds. The van der Waals surface area contributed by atoms with Crippen molar-refractivity contribution >= 4 is 6.29 Å². The highest BCUT2D eigenvalue weighted by atomic mass is 16.5. The predicted molar refractivity (Wildman–Crippen MR) is 60.9 cm³/mol. The number of carbonyl (C=O) groups excluding carboxylic acids is 1. The van der Waals surface area contributed by atoms with Gasteiger partial charge in [-0.1, -0.05) is 12.1 Å². The molecule has 0 unspecified atom stereocenters. The third-order valence-electron chi connectivity index (χ3n) is 2.74. The van der Waals surface area contributed by atoms with Gasteiger partial charge in [0.15, 0.2) is 6.29 Å². The number of rotatable bonds is 4. The van der Waals surface area contributed by atoms with Crippen molar-refractivity contribution in [1.29, 1.82) is 0 Å². The van der Waals surface area contributed by atoms with E-state index >= 15 is 0 Å². The average molecular weight is 220 g/mol. The number of para-hydroxylation sites is 1. The number of benzene rings is 1. The van der Waals surface area contributed by atoms with E-state index in [1.165, 1.54) is 6.42 Å². The minimum atomic E-state index is 0.174. The molecular formula is C13H16O3. The van der Waals surface area contributed by atoms with Gasteiger partial charge in [0, 0.05) is 6.61 Å². The summed E-state index contributed by atoms with van der Waals surface area (Å²) in [4.78, 5) is 10.8. The van der Waals surface area contributed by atoms with Crippen molar-refractivity contribution < 1.29 is 14.3 Å². The van der Waals surface area contributed by atoms with Gasteiger partial charge < -0.3 is 9.47 Å². The van der Waals surface area contributed by atoms with Crippen molar-refractivity contribution in [2.24, 2.45) is 0 Å². The van der Waals surface area contributed by atoms with Crippen LogP contribution in [0.3, 0.4) is 0 Å². The van der Waals surface area contributed by atoms with E-state index in [2.05, 4.69) is 0 Å². The molecule has 3 heteroatoms. The zero-order valence-corrected chi connectivity index (χ0v) is 9.22. The number of hydrogen-bond acceptors (Lipinski definition) is 3. The molecule has 1 heterocycles. The van der Waals surface area contributed by atoms with Crippen molar-refractivity contribution in [3.8, 4) is 5.75 Å². The molecule has 3 nitrogen and oxygen atoms in total. The minimum absolute atomic E-state index is 0.174. The number of ether oxygens (including phenoxy) is 2. The van der Waals surface area contributed by atoms with Crippen LogP contribution in [0.1, 0.15) is 29.6 Å². The summed E-state index contributed by atoms with van der Waals surface area (Å²) in [5.41, 5.74) is 0.596. The summed E-state index contributed by atoms with van der Waals surface area (Å²) in [5.74, 6) is 0.645. The third kappa shape index (κ3) is 2.83. The fourth-order valence-corrected chi connectivity index (χ4v) is 1.83. The van der Waals surface area contributed by atoms with Crippen molar-refractivity contribution in [1.82, 2.24) is 0 Å². The van der Waals surface area contributed by atoms with Gasteiger partial charge in [0.1, 0.15) is 12.4 Å². The molecule has 86 valence electrons. The first-order valence-corrected chi connectivity index (χ1v) is 5.69. The lowest BCUT2D eigenvalue weighted by Crippen LogP contribution is -2.26. The van der Waals surface area contributed by atoms with Crippen molar-refractivity contribution in [3.05, 3.63) is 29.8 Å². The van der Waals surface area contributed by atoms with Crippen LogP contribution in [0.5, 0.6) is 5.75 Å². The Kier molecular flexibility index (Phi) is 3.94. The van der Waals surface area contributed by atoms with E-state index in [0.29, 0.717) is 17.9 Å². The van der Waals surface area contributed by atoms with Gasteiger partial charge in [0.05, 0.1) is 11.7 Å². The molecule has 1 aliphatic heterocycles. The zero-order chi connectivity index (χ0) is 11.2. The maximum absolute atomic E-state index is 10.8. The first-order valence-electron chi connectivity index (χ1n) is 5.69. The largest absolute Gasteiger partial charge is 0.490 e. The zero-order valence-electron chi connectivity index (χ0n) is 9.22. The van der Waals surface area contributed by atoms with E-state index in [9.17, 15) is 4.79 Å². The normalized spacial score (nSPS) is 20.4. The second-order valence-corrected chi connectivity index (χ2v) is 3.96. The molecule has 0 N–H and O–H groups in total. The second-order valence-electron chi connectivity index (χ2n) is 3.96. The summed E-state index contributed by atoms with van der Waals surface area (Å²) in [6, 6.07) is 7.26. The minimum Gasteiger partial charge on any atom is -0.490 e. The van der Waals surface area contributed by atoms with Crippen LogP contribution in [0.2, 0.25) is 0 Å². The van der Waals surface area contributed by atoms with Crippen LogP contribution in [0.4, 0.5) is 0 Å². The van der Waals surface area contributed by atoms with Crippen LogP contribution in [-0.2, 0) is 4.74 Å². The van der Waals surface area contributed by atoms with Crippen molar-refractivity contribution in [2.75, 3.05) is 13.2 Å². The van der Waals surface area contributed by atoms with Gasteiger partial charge in [-0.05, 0) is 31.4 Å². The Bertz CT molecular complexity index is 343. The molecule has 0 aromatic heterocycles. The van der Waals surface area contributed by atoms with Gasteiger partial charge in [-0.25, -0.2) is 0 Å². The van der Waals surface area contributed by atoms with E-state index < -0.39 is 0 Å². The average Bonchev–Trinajstić information content (AvgIpc) is 2.38. The Morgan fingerprint density at radius 1 is 1.38 bits per heavy atom. The lowest BCUT2D eigenvalue weighted by atomic mass is 10.1. The summed E-state index contributed by atoms with van der Waals surface area (Å²) in [5, 5.41) is 0. The van der Waals surface area contributed by atoms with Gasteiger partial charge in [-0.15, -0.1) is 0 Å². The van der Waals surface area contributed by atoms with E-state index in [4.69, 9.17) is 9.47 Å².